The lowest BCUT2D eigenvalue weighted by atomic mass is 10.1. The molecule has 2 aliphatic heterocycles. The molecule has 2 fully saturated rings. The van der Waals surface area contributed by atoms with Crippen molar-refractivity contribution in [3.8, 4) is 0 Å². The lowest BCUT2D eigenvalue weighted by molar-refractivity contribution is -0.115. The number of carbonyl (C=O) groups excluding carboxylic acids is 2. The first-order valence-corrected chi connectivity index (χ1v) is 9.78. The molecule has 6 nitrogen and oxygen atoms in total. The van der Waals surface area contributed by atoms with Crippen LogP contribution in [0.4, 0.5) is 22.7 Å². The largest absolute Gasteiger partial charge is 0.370 e. The average molecular weight is 358 g/mol. The number of carbonyl (C=O) groups is 2. The molecular weight excluding hydrogens is 328 g/mol. The molecule has 0 aliphatic carbocycles. The summed E-state index contributed by atoms with van der Waals surface area (Å²) >= 11 is 0. The zero-order valence-corrected chi connectivity index (χ0v) is 15.9. The molecule has 26 heavy (non-hydrogen) atoms. The van der Waals surface area contributed by atoms with Crippen molar-refractivity contribution in [1.29, 1.82) is 0 Å². The third kappa shape index (κ3) is 4.48. The summed E-state index contributed by atoms with van der Waals surface area (Å²) in [7, 11) is 0. The van der Waals surface area contributed by atoms with Crippen LogP contribution in [0.15, 0.2) is 12.1 Å². The van der Waals surface area contributed by atoms with Crippen molar-refractivity contribution in [2.45, 2.75) is 52.4 Å². The van der Waals surface area contributed by atoms with Crippen molar-refractivity contribution in [2.75, 3.05) is 46.6 Å². The first-order valence-electron chi connectivity index (χ1n) is 9.78. The zero-order valence-electron chi connectivity index (χ0n) is 15.9. The van der Waals surface area contributed by atoms with E-state index in [0.29, 0.717) is 0 Å². The van der Waals surface area contributed by atoms with Crippen LogP contribution in [0, 0.1) is 0 Å². The Morgan fingerprint density at radius 3 is 1.42 bits per heavy atom. The van der Waals surface area contributed by atoms with Gasteiger partial charge in [-0.3, -0.25) is 9.59 Å². The van der Waals surface area contributed by atoms with E-state index in [2.05, 4.69) is 26.5 Å². The van der Waals surface area contributed by atoms with Crippen LogP contribution in [0.1, 0.15) is 52.4 Å². The summed E-state index contributed by atoms with van der Waals surface area (Å²) in [5.74, 6) is -0.189. The summed E-state index contributed by atoms with van der Waals surface area (Å²) in [5, 5.41) is 5.93. The van der Waals surface area contributed by atoms with Crippen molar-refractivity contribution in [3.05, 3.63) is 12.1 Å². The fraction of sp³-hybridized carbons (Fsp3) is 0.600. The molecule has 0 bridgehead atoms. The molecule has 0 aromatic heterocycles. The second-order valence-electron chi connectivity index (χ2n) is 7.34. The molecule has 142 valence electrons. The minimum Gasteiger partial charge on any atom is -0.370 e. The van der Waals surface area contributed by atoms with Gasteiger partial charge >= 0.3 is 0 Å². The highest BCUT2D eigenvalue weighted by molar-refractivity contribution is 6.00. The zero-order chi connectivity index (χ0) is 18.5. The average Bonchev–Trinajstić information content (AvgIpc) is 2.62. The summed E-state index contributed by atoms with van der Waals surface area (Å²) in [4.78, 5) is 28.2. The Balaban J connectivity index is 2.04. The minimum absolute atomic E-state index is 0.0947. The fourth-order valence-corrected chi connectivity index (χ4v) is 3.95. The van der Waals surface area contributed by atoms with Gasteiger partial charge in [0.05, 0.1) is 22.7 Å². The van der Waals surface area contributed by atoms with Gasteiger partial charge in [-0.1, -0.05) is 0 Å². The highest BCUT2D eigenvalue weighted by atomic mass is 16.2. The fourth-order valence-electron chi connectivity index (χ4n) is 3.95. The van der Waals surface area contributed by atoms with E-state index in [9.17, 15) is 9.59 Å². The lowest BCUT2D eigenvalue weighted by Gasteiger charge is -2.35. The smallest absolute Gasteiger partial charge is 0.221 e. The summed E-state index contributed by atoms with van der Waals surface area (Å²) in [5.41, 5.74) is 3.69. The van der Waals surface area contributed by atoms with Crippen LogP contribution in [0.2, 0.25) is 0 Å². The number of nitrogens with one attached hydrogen (secondary N) is 2. The summed E-state index contributed by atoms with van der Waals surface area (Å²) < 4.78 is 0. The van der Waals surface area contributed by atoms with Gasteiger partial charge in [0.1, 0.15) is 0 Å². The molecule has 0 saturated carbocycles. The van der Waals surface area contributed by atoms with E-state index in [1.54, 1.807) is 0 Å². The van der Waals surface area contributed by atoms with Gasteiger partial charge in [0.25, 0.3) is 0 Å². The van der Waals surface area contributed by atoms with E-state index in [0.717, 1.165) is 48.9 Å². The van der Waals surface area contributed by atoms with Crippen molar-refractivity contribution < 1.29 is 9.59 Å². The lowest BCUT2D eigenvalue weighted by Crippen LogP contribution is -2.33. The monoisotopic (exact) mass is 358 g/mol. The molecule has 0 unspecified atom stereocenters. The summed E-state index contributed by atoms with van der Waals surface area (Å²) in [6.45, 7) is 7.07. The van der Waals surface area contributed by atoms with Crippen LogP contribution in [0.5, 0.6) is 0 Å². The molecule has 2 amide bonds. The SMILES string of the molecule is CC(=O)Nc1cc(NC(C)=O)c(N2CCCCC2)cc1N1CCCCC1. The predicted molar refractivity (Wildman–Crippen MR) is 107 cm³/mol. The van der Waals surface area contributed by atoms with Crippen molar-refractivity contribution in [2.24, 2.45) is 0 Å². The number of hydrogen-bond donors (Lipinski definition) is 2. The predicted octanol–water partition coefficient (Wildman–Crippen LogP) is 3.58. The maximum atomic E-state index is 11.7. The van der Waals surface area contributed by atoms with Crippen molar-refractivity contribution in [1.82, 2.24) is 0 Å². The standard InChI is InChI=1S/C20H30N4O2/c1-15(25)21-17-13-18(22-16(2)26)20(24-11-7-4-8-12-24)14-19(17)23-9-5-3-6-10-23/h13-14H,3-12H2,1-2H3,(H,21,25)(H,22,26). The number of amides is 2. The number of nitrogens with zero attached hydrogens (tertiary/aromatic N) is 2. The van der Waals surface area contributed by atoms with Gasteiger partial charge in [0, 0.05) is 40.0 Å². The molecule has 2 saturated heterocycles. The normalized spacial score (nSPS) is 17.8. The van der Waals surface area contributed by atoms with Crippen LogP contribution >= 0.6 is 0 Å². The number of benzene rings is 1. The summed E-state index contributed by atoms with van der Waals surface area (Å²) in [6, 6.07) is 4.09. The molecule has 2 heterocycles. The van der Waals surface area contributed by atoms with Gasteiger partial charge < -0.3 is 20.4 Å². The van der Waals surface area contributed by atoms with E-state index in [-0.39, 0.29) is 11.8 Å². The highest BCUT2D eigenvalue weighted by Gasteiger charge is 2.22. The molecule has 6 heteroatoms. The van der Waals surface area contributed by atoms with E-state index < -0.39 is 0 Å². The van der Waals surface area contributed by atoms with Gasteiger partial charge in [0.2, 0.25) is 11.8 Å². The Morgan fingerprint density at radius 2 is 1.08 bits per heavy atom. The second-order valence-corrected chi connectivity index (χ2v) is 7.34. The van der Waals surface area contributed by atoms with Crippen LogP contribution < -0.4 is 20.4 Å². The second kappa shape index (κ2) is 8.43. The third-order valence-electron chi connectivity index (χ3n) is 5.13. The van der Waals surface area contributed by atoms with E-state index in [1.807, 2.05) is 6.07 Å². The van der Waals surface area contributed by atoms with E-state index in [4.69, 9.17) is 0 Å². The molecule has 2 aliphatic rings. The highest BCUT2D eigenvalue weighted by Crippen LogP contribution is 2.39. The maximum absolute atomic E-state index is 11.7. The van der Waals surface area contributed by atoms with Crippen LogP contribution in [0.25, 0.3) is 0 Å². The Bertz CT molecular complexity index is 609. The third-order valence-corrected chi connectivity index (χ3v) is 5.13. The van der Waals surface area contributed by atoms with Crippen LogP contribution in [0.3, 0.4) is 0 Å². The first kappa shape index (κ1) is 18.5. The maximum Gasteiger partial charge on any atom is 0.221 e. The van der Waals surface area contributed by atoms with Gasteiger partial charge in [-0.15, -0.1) is 0 Å². The van der Waals surface area contributed by atoms with Crippen molar-refractivity contribution >= 4 is 34.6 Å². The van der Waals surface area contributed by atoms with Crippen LogP contribution in [-0.4, -0.2) is 38.0 Å². The molecule has 1 aromatic rings. The summed E-state index contributed by atoms with van der Waals surface area (Å²) in [6.07, 6.45) is 7.21. The van der Waals surface area contributed by atoms with Gasteiger partial charge in [-0.05, 0) is 50.7 Å². The Hall–Kier alpha value is -2.24. The Labute approximate surface area is 155 Å². The first-order chi connectivity index (χ1) is 12.5. The number of anilines is 4. The number of piperidine rings is 2. The minimum atomic E-state index is -0.0947. The molecule has 3 rings (SSSR count). The Morgan fingerprint density at radius 1 is 0.692 bits per heavy atom. The van der Waals surface area contributed by atoms with E-state index in [1.165, 1.54) is 52.4 Å². The number of hydrogen-bond acceptors (Lipinski definition) is 4. The quantitative estimate of drug-likeness (QED) is 0.863. The van der Waals surface area contributed by atoms with Gasteiger partial charge in [0.15, 0.2) is 0 Å². The number of rotatable bonds is 4. The molecule has 0 radical (unpaired) electrons. The van der Waals surface area contributed by atoms with Crippen molar-refractivity contribution in [3.63, 3.8) is 0 Å². The molecular formula is C20H30N4O2. The Kier molecular flexibility index (Phi) is 6.01. The van der Waals surface area contributed by atoms with E-state index >= 15 is 0 Å². The topological polar surface area (TPSA) is 64.7 Å². The molecule has 0 atom stereocenters. The molecule has 1 aromatic carbocycles. The van der Waals surface area contributed by atoms with Gasteiger partial charge in [-0.2, -0.15) is 0 Å². The molecule has 0 spiro atoms. The van der Waals surface area contributed by atoms with Crippen LogP contribution in [-0.2, 0) is 9.59 Å². The van der Waals surface area contributed by atoms with Gasteiger partial charge in [-0.25, -0.2) is 0 Å². The molecule has 2 N–H and O–H groups in total.